The van der Waals surface area contributed by atoms with Crippen LogP contribution in [0.15, 0.2) is 151 Å². The van der Waals surface area contributed by atoms with Gasteiger partial charge < -0.3 is 9.16 Å². The molecule has 54 heavy (non-hydrogen) atoms. The van der Waals surface area contributed by atoms with Crippen molar-refractivity contribution in [1.82, 2.24) is 8.87 Å². The summed E-state index contributed by atoms with van der Waals surface area (Å²) in [5, 5.41) is 2.57. The van der Waals surface area contributed by atoms with Crippen molar-refractivity contribution in [2.45, 2.75) is 50.3 Å². The highest BCUT2D eigenvalue weighted by atomic mass is 32.2. The number of amides is 2. The molecule has 1 aliphatic heterocycles. The average Bonchev–Trinajstić information content (AvgIpc) is 3.76. The van der Waals surface area contributed by atoms with Crippen molar-refractivity contribution in [3.63, 3.8) is 0 Å². The van der Waals surface area contributed by atoms with Gasteiger partial charge in [-0.15, -0.1) is 0 Å². The van der Waals surface area contributed by atoms with Crippen molar-refractivity contribution in [1.29, 1.82) is 0 Å². The molecule has 8 nitrogen and oxygen atoms in total. The number of carbonyl (C=O) groups is 2. The maximum absolute atomic E-state index is 14.3. The van der Waals surface area contributed by atoms with Crippen LogP contribution in [-0.4, -0.2) is 44.2 Å². The van der Waals surface area contributed by atoms with E-state index in [0.717, 1.165) is 32.0 Å². The van der Waals surface area contributed by atoms with Crippen molar-refractivity contribution < 1.29 is 27.2 Å². The molecule has 5 aromatic carbocycles. The molecule has 0 aliphatic carbocycles. The third-order valence-corrected chi connectivity index (χ3v) is 16.7. The third-order valence-electron chi connectivity index (χ3n) is 10.1. The molecular formula is C44H42N2O6SSi. The number of carbonyl (C=O) groups excluding carboxylic acids is 2. The SMILES string of the molecule is Cc1ccc(S(=O)(=O)n2cc(/C=C\C(=O)N3C(=O)OC[C@@H]3c3ccccc3)c3c(CO[Si](c4ccccc4)(c4ccccc4)C(C)(C)C)cccc32)cc1. The van der Waals surface area contributed by atoms with E-state index in [9.17, 15) is 18.0 Å². The second kappa shape index (κ2) is 14.7. The van der Waals surface area contributed by atoms with Crippen LogP contribution in [0.1, 0.15) is 49.1 Å². The van der Waals surface area contributed by atoms with E-state index < -0.39 is 36.4 Å². The molecule has 1 aliphatic rings. The molecule has 10 heteroatoms. The van der Waals surface area contributed by atoms with E-state index in [1.54, 1.807) is 36.4 Å². The fourth-order valence-electron chi connectivity index (χ4n) is 7.41. The molecular weight excluding hydrogens is 713 g/mol. The van der Waals surface area contributed by atoms with Crippen LogP contribution in [0, 0.1) is 6.92 Å². The van der Waals surface area contributed by atoms with Crippen molar-refractivity contribution in [2.75, 3.05) is 6.61 Å². The zero-order chi connectivity index (χ0) is 38.1. The fraction of sp³-hybridized carbons (Fsp3) is 0.182. The summed E-state index contributed by atoms with van der Waals surface area (Å²) in [4.78, 5) is 27.8. The molecule has 1 atom stereocenters. The van der Waals surface area contributed by atoms with Gasteiger partial charge in [0.1, 0.15) is 12.6 Å². The molecule has 0 spiro atoms. The maximum atomic E-state index is 14.3. The minimum Gasteiger partial charge on any atom is -0.446 e. The van der Waals surface area contributed by atoms with Gasteiger partial charge in [-0.25, -0.2) is 22.1 Å². The van der Waals surface area contributed by atoms with Crippen LogP contribution in [0.25, 0.3) is 17.0 Å². The Morgan fingerprint density at radius 1 is 0.833 bits per heavy atom. The van der Waals surface area contributed by atoms with Crippen LogP contribution in [-0.2, 0) is 30.6 Å². The van der Waals surface area contributed by atoms with Gasteiger partial charge in [-0.1, -0.05) is 142 Å². The van der Waals surface area contributed by atoms with Crippen LogP contribution >= 0.6 is 0 Å². The van der Waals surface area contributed by atoms with Gasteiger partial charge in [-0.3, -0.25) is 4.79 Å². The van der Waals surface area contributed by atoms with E-state index in [4.69, 9.17) is 9.16 Å². The number of hydrogen-bond donors (Lipinski definition) is 0. The van der Waals surface area contributed by atoms with Gasteiger partial charge in [0.15, 0.2) is 0 Å². The first-order valence-corrected chi connectivity index (χ1v) is 21.2. The molecule has 274 valence electrons. The lowest BCUT2D eigenvalue weighted by atomic mass is 10.1. The number of nitrogens with zero attached hydrogens (tertiary/aromatic N) is 2. The van der Waals surface area contributed by atoms with Gasteiger partial charge in [0.05, 0.1) is 17.0 Å². The normalized spacial score (nSPS) is 15.2. The fourth-order valence-corrected chi connectivity index (χ4v) is 13.3. The molecule has 0 saturated carbocycles. The average molecular weight is 755 g/mol. The summed E-state index contributed by atoms with van der Waals surface area (Å²) in [5.41, 5.74) is 3.39. The van der Waals surface area contributed by atoms with E-state index in [1.165, 1.54) is 16.2 Å². The Morgan fingerprint density at radius 3 is 2.02 bits per heavy atom. The molecule has 1 aromatic heterocycles. The van der Waals surface area contributed by atoms with Gasteiger partial charge in [0.25, 0.3) is 24.2 Å². The summed E-state index contributed by atoms with van der Waals surface area (Å²) in [6.45, 7) is 8.73. The summed E-state index contributed by atoms with van der Waals surface area (Å²) in [6, 6.07) is 41.5. The van der Waals surface area contributed by atoms with Crippen LogP contribution in [0.2, 0.25) is 5.04 Å². The van der Waals surface area contributed by atoms with E-state index in [0.29, 0.717) is 16.5 Å². The van der Waals surface area contributed by atoms with E-state index in [1.807, 2.05) is 85.8 Å². The monoisotopic (exact) mass is 754 g/mol. The van der Waals surface area contributed by atoms with Gasteiger partial charge in [0, 0.05) is 23.2 Å². The quantitative estimate of drug-likeness (QED) is 0.104. The lowest BCUT2D eigenvalue weighted by Gasteiger charge is -2.43. The standard InChI is InChI=1S/C44H42N2O6SSi/c1-32-23-26-36(27-24-32)53(49,50)45-29-34(25-28-41(47)46-40(31-51-43(46)48)33-15-8-5-9-16-33)42-35(17-14-22-39(42)45)30-52-54(44(2,3)4,37-18-10-6-11-19-37)38-20-12-7-13-21-38/h5-29,40H,30-31H2,1-4H3/b28-25-/t40-/m1/s1. The summed E-state index contributed by atoms with van der Waals surface area (Å²) >= 11 is 0. The molecule has 1 fully saturated rings. The zero-order valence-electron chi connectivity index (χ0n) is 30.7. The smallest absolute Gasteiger partial charge is 0.417 e. The number of cyclic esters (lactones) is 1. The summed E-state index contributed by atoms with van der Waals surface area (Å²) < 4.78 is 42.4. The summed E-state index contributed by atoms with van der Waals surface area (Å²) in [6.07, 6.45) is 3.68. The molecule has 1 saturated heterocycles. The summed E-state index contributed by atoms with van der Waals surface area (Å²) in [7, 11) is -7.04. The summed E-state index contributed by atoms with van der Waals surface area (Å²) in [5.74, 6) is -0.574. The van der Waals surface area contributed by atoms with E-state index >= 15 is 0 Å². The van der Waals surface area contributed by atoms with Gasteiger partial charge in [-0.05, 0) is 57.7 Å². The number of aryl methyl sites for hydroxylation is 1. The zero-order valence-corrected chi connectivity index (χ0v) is 32.5. The Bertz CT molecular complexity index is 2400. The van der Waals surface area contributed by atoms with Crippen molar-refractivity contribution in [3.05, 3.63) is 168 Å². The first-order chi connectivity index (χ1) is 25.9. The largest absolute Gasteiger partial charge is 0.446 e. The van der Waals surface area contributed by atoms with Crippen molar-refractivity contribution in [2.24, 2.45) is 0 Å². The minimum absolute atomic E-state index is 0.0419. The van der Waals surface area contributed by atoms with Crippen LogP contribution < -0.4 is 10.4 Å². The van der Waals surface area contributed by atoms with Crippen molar-refractivity contribution in [3.8, 4) is 0 Å². The highest BCUT2D eigenvalue weighted by Crippen LogP contribution is 2.39. The number of ether oxygens (including phenoxy) is 1. The highest BCUT2D eigenvalue weighted by Gasteiger charge is 2.50. The maximum Gasteiger partial charge on any atom is 0.417 e. The first kappa shape index (κ1) is 36.8. The Labute approximate surface area is 317 Å². The number of benzene rings is 5. The first-order valence-electron chi connectivity index (χ1n) is 17.8. The molecule has 0 unspecified atom stereocenters. The Morgan fingerprint density at radius 2 is 1.43 bits per heavy atom. The highest BCUT2D eigenvalue weighted by molar-refractivity contribution is 7.90. The predicted octanol–water partition coefficient (Wildman–Crippen LogP) is 8.00. The lowest BCUT2D eigenvalue weighted by molar-refractivity contribution is -0.124. The molecule has 0 radical (unpaired) electrons. The molecule has 6 aromatic rings. The number of rotatable bonds is 10. The molecule has 7 rings (SSSR count). The topological polar surface area (TPSA) is 94.9 Å². The molecule has 2 amide bonds. The third kappa shape index (κ3) is 6.72. The Hall–Kier alpha value is -5.55. The van der Waals surface area contributed by atoms with E-state index in [-0.39, 0.29) is 23.1 Å². The molecule has 0 N–H and O–H groups in total. The van der Waals surface area contributed by atoms with Crippen LogP contribution in [0.5, 0.6) is 0 Å². The number of hydrogen-bond acceptors (Lipinski definition) is 6. The Kier molecular flexibility index (Phi) is 10.0. The lowest BCUT2D eigenvalue weighted by Crippen LogP contribution is -2.66. The molecule has 2 heterocycles. The second-order valence-electron chi connectivity index (χ2n) is 14.5. The predicted molar refractivity (Wildman–Crippen MR) is 215 cm³/mol. The van der Waals surface area contributed by atoms with Gasteiger partial charge in [0.2, 0.25) is 0 Å². The van der Waals surface area contributed by atoms with Crippen LogP contribution in [0.3, 0.4) is 0 Å². The number of aromatic nitrogens is 1. The van der Waals surface area contributed by atoms with Crippen molar-refractivity contribution >= 4 is 57.7 Å². The second-order valence-corrected chi connectivity index (χ2v) is 20.6. The minimum atomic E-state index is -4.06. The van der Waals surface area contributed by atoms with Gasteiger partial charge in [-0.2, -0.15) is 0 Å². The number of imide groups is 1. The van der Waals surface area contributed by atoms with Crippen LogP contribution in [0.4, 0.5) is 4.79 Å². The number of fused-ring (bicyclic) bond motifs is 1. The Balaban J connectivity index is 1.35. The van der Waals surface area contributed by atoms with E-state index in [2.05, 4.69) is 45.0 Å². The molecule has 0 bridgehead atoms. The van der Waals surface area contributed by atoms with Gasteiger partial charge >= 0.3 is 6.09 Å².